The number of rotatable bonds is 1. The molecule has 1 heterocycles. The topological polar surface area (TPSA) is 12.9 Å². The van der Waals surface area contributed by atoms with Gasteiger partial charge in [0.15, 0.2) is 5.82 Å². The third-order valence-corrected chi connectivity index (χ3v) is 1.25. The average Bonchev–Trinajstić information content (AvgIpc) is 1.99. The zero-order valence-corrected chi connectivity index (χ0v) is 5.79. The van der Waals surface area contributed by atoms with Crippen LogP contribution in [0.3, 0.4) is 0 Å². The van der Waals surface area contributed by atoms with E-state index in [-0.39, 0.29) is 0 Å². The summed E-state index contributed by atoms with van der Waals surface area (Å²) in [5.74, 6) is -8.59. The van der Waals surface area contributed by atoms with E-state index in [9.17, 15) is 26.3 Å². The van der Waals surface area contributed by atoms with Crippen LogP contribution in [0.1, 0.15) is 12.0 Å². The first-order chi connectivity index (χ1) is 5.95. The van der Waals surface area contributed by atoms with E-state index in [0.29, 0.717) is 0 Å². The van der Waals surface area contributed by atoms with Crippen LogP contribution in [-0.2, 0) is 0 Å². The molecular formula is C6HF6N. The van der Waals surface area contributed by atoms with Crippen molar-refractivity contribution in [2.45, 2.75) is 6.43 Å². The highest BCUT2D eigenvalue weighted by atomic mass is 19.3. The molecule has 1 aromatic rings. The van der Waals surface area contributed by atoms with Crippen LogP contribution < -0.4 is 0 Å². The number of pyridine rings is 1. The number of hydrogen-bond donors (Lipinski definition) is 0. The fraction of sp³-hybridized carbons (Fsp3) is 0.167. The van der Waals surface area contributed by atoms with Crippen molar-refractivity contribution in [2.24, 2.45) is 0 Å². The molecule has 0 saturated heterocycles. The zero-order chi connectivity index (χ0) is 10.2. The molecule has 0 radical (unpaired) electrons. The minimum absolute atomic E-state index is 1.86. The largest absolute Gasteiger partial charge is 0.271 e. The highest BCUT2D eigenvalue weighted by Gasteiger charge is 2.26. The molecule has 0 aliphatic carbocycles. The van der Waals surface area contributed by atoms with Gasteiger partial charge in [-0.25, -0.2) is 13.2 Å². The molecule has 7 heteroatoms. The Kier molecular flexibility index (Phi) is 2.44. The van der Waals surface area contributed by atoms with Crippen molar-refractivity contribution in [3.63, 3.8) is 0 Å². The number of hydrogen-bond acceptors (Lipinski definition) is 1. The highest BCUT2D eigenvalue weighted by Crippen LogP contribution is 2.26. The summed E-state index contributed by atoms with van der Waals surface area (Å²) in [6, 6.07) is 0. The summed E-state index contributed by atoms with van der Waals surface area (Å²) in [5, 5.41) is 0. The molecule has 0 bridgehead atoms. The lowest BCUT2D eigenvalue weighted by molar-refractivity contribution is 0.136. The lowest BCUT2D eigenvalue weighted by Gasteiger charge is -2.03. The van der Waals surface area contributed by atoms with Gasteiger partial charge in [-0.15, -0.1) is 0 Å². The smallest absolute Gasteiger partial charge is 0.205 e. The van der Waals surface area contributed by atoms with Crippen LogP contribution >= 0.6 is 0 Å². The molecule has 0 aromatic carbocycles. The lowest BCUT2D eigenvalue weighted by atomic mass is 10.2. The first-order valence-electron chi connectivity index (χ1n) is 2.93. The second-order valence-corrected chi connectivity index (χ2v) is 2.04. The zero-order valence-electron chi connectivity index (χ0n) is 5.79. The molecular weight excluding hydrogens is 200 g/mol. The third kappa shape index (κ3) is 1.58. The summed E-state index contributed by atoms with van der Waals surface area (Å²) in [6.07, 6.45) is -3.58. The van der Waals surface area contributed by atoms with Gasteiger partial charge in [-0.1, -0.05) is 0 Å². The van der Waals surface area contributed by atoms with Crippen LogP contribution in [0.15, 0.2) is 0 Å². The van der Waals surface area contributed by atoms with E-state index in [1.54, 1.807) is 0 Å². The second kappa shape index (κ2) is 3.23. The average molecular weight is 201 g/mol. The maximum Gasteiger partial charge on any atom is 0.271 e. The van der Waals surface area contributed by atoms with Gasteiger partial charge in [-0.2, -0.15) is 18.2 Å². The van der Waals surface area contributed by atoms with Gasteiger partial charge in [0.1, 0.15) is 5.56 Å². The summed E-state index contributed by atoms with van der Waals surface area (Å²) >= 11 is 0. The van der Waals surface area contributed by atoms with Crippen molar-refractivity contribution in [1.29, 1.82) is 0 Å². The number of alkyl halides is 2. The summed E-state index contributed by atoms with van der Waals surface area (Å²) in [4.78, 5) is 2.13. The van der Waals surface area contributed by atoms with Crippen molar-refractivity contribution in [3.05, 3.63) is 29.1 Å². The predicted molar refractivity (Wildman–Crippen MR) is 29.0 cm³/mol. The molecule has 0 atom stereocenters. The highest BCUT2D eigenvalue weighted by molar-refractivity contribution is 5.17. The Morgan fingerprint density at radius 3 is 1.85 bits per heavy atom. The van der Waals surface area contributed by atoms with Gasteiger partial charge in [0.25, 0.3) is 12.4 Å². The third-order valence-electron chi connectivity index (χ3n) is 1.25. The fourth-order valence-corrected chi connectivity index (χ4v) is 0.681. The van der Waals surface area contributed by atoms with Crippen LogP contribution in [0, 0.1) is 23.5 Å². The summed E-state index contributed by atoms with van der Waals surface area (Å²) in [6.45, 7) is 0. The van der Waals surface area contributed by atoms with Gasteiger partial charge in [-0.3, -0.25) is 0 Å². The van der Waals surface area contributed by atoms with Gasteiger partial charge < -0.3 is 0 Å². The van der Waals surface area contributed by atoms with Gasteiger partial charge in [0, 0.05) is 0 Å². The maximum atomic E-state index is 12.4. The first-order valence-corrected chi connectivity index (χ1v) is 2.93. The van der Waals surface area contributed by atoms with Crippen LogP contribution in [0.25, 0.3) is 0 Å². The molecule has 0 unspecified atom stereocenters. The second-order valence-electron chi connectivity index (χ2n) is 2.04. The number of halogens is 6. The SMILES string of the molecule is Fc1nc(F)c(C(F)F)c(F)c1F. The normalized spacial score (nSPS) is 11.0. The van der Waals surface area contributed by atoms with E-state index in [0.717, 1.165) is 0 Å². The predicted octanol–water partition coefficient (Wildman–Crippen LogP) is 2.58. The Morgan fingerprint density at radius 2 is 1.38 bits per heavy atom. The van der Waals surface area contributed by atoms with Crippen LogP contribution in [0.4, 0.5) is 26.3 Å². The minimum Gasteiger partial charge on any atom is -0.205 e. The van der Waals surface area contributed by atoms with Gasteiger partial charge in [-0.05, 0) is 0 Å². The van der Waals surface area contributed by atoms with E-state index >= 15 is 0 Å². The van der Waals surface area contributed by atoms with Crippen LogP contribution in [0.2, 0.25) is 0 Å². The van der Waals surface area contributed by atoms with Crippen molar-refractivity contribution < 1.29 is 26.3 Å². The molecule has 72 valence electrons. The minimum atomic E-state index is -3.58. The Hall–Kier alpha value is -1.27. The van der Waals surface area contributed by atoms with E-state index in [1.165, 1.54) is 0 Å². The molecule has 1 aromatic heterocycles. The Balaban J connectivity index is 3.44. The monoisotopic (exact) mass is 201 g/mol. The van der Waals surface area contributed by atoms with Crippen molar-refractivity contribution in [3.8, 4) is 0 Å². The lowest BCUT2D eigenvalue weighted by Crippen LogP contribution is -2.06. The Bertz CT molecular complexity index is 336. The number of nitrogens with zero attached hydrogens (tertiary/aromatic N) is 1. The molecule has 0 N–H and O–H groups in total. The maximum absolute atomic E-state index is 12.4. The molecule has 0 saturated carbocycles. The molecule has 0 aliphatic heterocycles. The van der Waals surface area contributed by atoms with E-state index in [4.69, 9.17) is 0 Å². The summed E-state index contributed by atoms with van der Waals surface area (Å²) < 4.78 is 72.6. The van der Waals surface area contributed by atoms with Crippen LogP contribution in [-0.4, -0.2) is 4.98 Å². The van der Waals surface area contributed by atoms with Gasteiger partial charge in [0.2, 0.25) is 11.8 Å². The molecule has 0 amide bonds. The Labute approximate surface area is 68.0 Å². The van der Waals surface area contributed by atoms with E-state index < -0.39 is 35.5 Å². The van der Waals surface area contributed by atoms with E-state index in [1.807, 2.05) is 0 Å². The molecule has 1 nitrogen and oxygen atoms in total. The molecule has 0 fully saturated rings. The van der Waals surface area contributed by atoms with Gasteiger partial charge >= 0.3 is 0 Å². The molecule has 13 heavy (non-hydrogen) atoms. The summed E-state index contributed by atoms with van der Waals surface area (Å²) in [5.41, 5.74) is -1.86. The number of aromatic nitrogens is 1. The molecule has 0 spiro atoms. The Morgan fingerprint density at radius 1 is 0.846 bits per heavy atom. The molecule has 0 aliphatic rings. The van der Waals surface area contributed by atoms with Crippen molar-refractivity contribution in [2.75, 3.05) is 0 Å². The van der Waals surface area contributed by atoms with E-state index in [2.05, 4.69) is 4.98 Å². The molecule has 1 rings (SSSR count). The van der Waals surface area contributed by atoms with Gasteiger partial charge in [0.05, 0.1) is 0 Å². The quantitative estimate of drug-likeness (QED) is 0.502. The van der Waals surface area contributed by atoms with Crippen molar-refractivity contribution >= 4 is 0 Å². The van der Waals surface area contributed by atoms with Crippen LogP contribution in [0.5, 0.6) is 0 Å². The first kappa shape index (κ1) is 9.82. The summed E-state index contributed by atoms with van der Waals surface area (Å²) in [7, 11) is 0. The van der Waals surface area contributed by atoms with Crippen molar-refractivity contribution in [1.82, 2.24) is 4.98 Å². The standard InChI is InChI=1S/C6HF6N/c7-2-1(4(9)10)5(11)13-6(12)3(2)8/h4H. The fourth-order valence-electron chi connectivity index (χ4n) is 0.681.